The molecule has 1 aromatic rings. The van der Waals surface area contributed by atoms with E-state index in [0.717, 1.165) is 31.2 Å². The van der Waals surface area contributed by atoms with Crippen LogP contribution in [-0.2, 0) is 22.4 Å². The molecule has 6 nitrogen and oxygen atoms in total. The predicted octanol–water partition coefficient (Wildman–Crippen LogP) is 1.33. The molecule has 1 saturated heterocycles. The molecule has 1 aliphatic heterocycles. The smallest absolute Gasteiger partial charge is 0.252 e. The van der Waals surface area contributed by atoms with Crippen molar-refractivity contribution in [3.05, 3.63) is 16.0 Å². The molecule has 2 heterocycles. The summed E-state index contributed by atoms with van der Waals surface area (Å²) >= 11 is 1.54. The molecule has 0 saturated carbocycles. The van der Waals surface area contributed by atoms with Gasteiger partial charge in [0.15, 0.2) is 0 Å². The number of thiophene rings is 1. The Morgan fingerprint density at radius 3 is 2.55 bits per heavy atom. The lowest BCUT2D eigenvalue weighted by molar-refractivity contribution is -0.120. The Hall–Kier alpha value is -1.44. The number of ether oxygens (including phenoxy) is 1. The normalized spacial score (nSPS) is 18.8. The first-order chi connectivity index (χ1) is 10.6. The molecule has 2 aliphatic rings. The van der Waals surface area contributed by atoms with E-state index in [-0.39, 0.29) is 5.91 Å². The van der Waals surface area contributed by atoms with Gasteiger partial charge in [0.1, 0.15) is 5.00 Å². The SMILES string of the molecule is CC(=O)N(c1sc2c(c1C(N)=O)CCCC2)N1CCOCC1. The van der Waals surface area contributed by atoms with Gasteiger partial charge in [0.25, 0.3) is 5.91 Å². The second-order valence-electron chi connectivity index (χ2n) is 5.65. The quantitative estimate of drug-likeness (QED) is 0.910. The Kier molecular flexibility index (Phi) is 4.46. The molecule has 1 aliphatic carbocycles. The number of amides is 2. The second kappa shape index (κ2) is 6.36. The molecule has 0 spiro atoms. The number of hydrogen-bond donors (Lipinski definition) is 1. The van der Waals surface area contributed by atoms with Crippen molar-refractivity contribution in [2.75, 3.05) is 31.3 Å². The lowest BCUT2D eigenvalue weighted by Gasteiger charge is -2.36. The fraction of sp³-hybridized carbons (Fsp3) is 0.600. The van der Waals surface area contributed by atoms with Gasteiger partial charge in [-0.15, -0.1) is 11.3 Å². The summed E-state index contributed by atoms with van der Waals surface area (Å²) in [4.78, 5) is 25.4. The highest BCUT2D eigenvalue weighted by molar-refractivity contribution is 7.17. The summed E-state index contributed by atoms with van der Waals surface area (Å²) in [6.07, 6.45) is 4.04. The van der Waals surface area contributed by atoms with E-state index >= 15 is 0 Å². The molecule has 2 amide bonds. The monoisotopic (exact) mass is 323 g/mol. The topological polar surface area (TPSA) is 75.9 Å². The molecule has 0 bridgehead atoms. The predicted molar refractivity (Wildman–Crippen MR) is 85.0 cm³/mol. The van der Waals surface area contributed by atoms with Gasteiger partial charge in [-0.25, -0.2) is 10.0 Å². The van der Waals surface area contributed by atoms with Gasteiger partial charge in [0, 0.05) is 24.9 Å². The van der Waals surface area contributed by atoms with E-state index in [1.165, 1.54) is 11.8 Å². The van der Waals surface area contributed by atoms with Crippen LogP contribution in [0.25, 0.3) is 0 Å². The Labute approximate surface area is 133 Å². The molecule has 0 unspecified atom stereocenters. The van der Waals surface area contributed by atoms with Crippen LogP contribution in [0.4, 0.5) is 5.00 Å². The maximum Gasteiger partial charge on any atom is 0.252 e. The average Bonchev–Trinajstić information content (AvgIpc) is 2.87. The largest absolute Gasteiger partial charge is 0.379 e. The van der Waals surface area contributed by atoms with Crippen LogP contribution in [0.2, 0.25) is 0 Å². The number of carbonyl (C=O) groups excluding carboxylic acids is 2. The first-order valence-electron chi connectivity index (χ1n) is 7.67. The maximum atomic E-state index is 12.2. The van der Waals surface area contributed by atoms with E-state index in [1.807, 2.05) is 5.01 Å². The minimum Gasteiger partial charge on any atom is -0.379 e. The van der Waals surface area contributed by atoms with Crippen molar-refractivity contribution >= 4 is 28.2 Å². The van der Waals surface area contributed by atoms with Gasteiger partial charge >= 0.3 is 0 Å². The Bertz CT molecular complexity index is 593. The number of nitrogens with two attached hydrogens (primary N) is 1. The van der Waals surface area contributed by atoms with Gasteiger partial charge in [0.05, 0.1) is 18.8 Å². The number of aryl methyl sites for hydroxylation is 1. The fourth-order valence-corrected chi connectivity index (χ4v) is 4.64. The standard InChI is InChI=1S/C15H21N3O3S/c1-10(19)18(17-6-8-21-9-7-17)15-13(14(16)20)11-4-2-3-5-12(11)22-15/h2-9H2,1H3,(H2,16,20). The van der Waals surface area contributed by atoms with Crippen molar-refractivity contribution in [1.29, 1.82) is 0 Å². The van der Waals surface area contributed by atoms with Crippen molar-refractivity contribution in [2.45, 2.75) is 32.6 Å². The average molecular weight is 323 g/mol. The zero-order valence-corrected chi connectivity index (χ0v) is 13.6. The van der Waals surface area contributed by atoms with Gasteiger partial charge < -0.3 is 10.5 Å². The summed E-state index contributed by atoms with van der Waals surface area (Å²) in [5.41, 5.74) is 7.23. The lowest BCUT2D eigenvalue weighted by Crippen LogP contribution is -2.51. The number of primary amides is 1. The highest BCUT2D eigenvalue weighted by Gasteiger charge is 2.32. The summed E-state index contributed by atoms with van der Waals surface area (Å²) in [5.74, 6) is -0.531. The lowest BCUT2D eigenvalue weighted by atomic mass is 9.95. The Morgan fingerprint density at radius 2 is 1.91 bits per heavy atom. The molecular formula is C15H21N3O3S. The Morgan fingerprint density at radius 1 is 1.23 bits per heavy atom. The van der Waals surface area contributed by atoms with Crippen LogP contribution in [0, 0.1) is 0 Å². The van der Waals surface area contributed by atoms with E-state index in [1.54, 1.807) is 16.3 Å². The highest BCUT2D eigenvalue weighted by Crippen LogP contribution is 2.40. The van der Waals surface area contributed by atoms with E-state index < -0.39 is 5.91 Å². The van der Waals surface area contributed by atoms with Crippen molar-refractivity contribution in [3.63, 3.8) is 0 Å². The van der Waals surface area contributed by atoms with E-state index in [2.05, 4.69) is 0 Å². The number of carbonyl (C=O) groups is 2. The van der Waals surface area contributed by atoms with E-state index in [9.17, 15) is 9.59 Å². The number of morpholine rings is 1. The molecule has 7 heteroatoms. The molecule has 0 atom stereocenters. The van der Waals surface area contributed by atoms with Crippen LogP contribution in [0.15, 0.2) is 0 Å². The summed E-state index contributed by atoms with van der Waals surface area (Å²) in [6, 6.07) is 0. The fourth-order valence-electron chi connectivity index (χ4n) is 3.18. The molecule has 0 aromatic carbocycles. The van der Waals surface area contributed by atoms with Crippen LogP contribution in [0.1, 0.15) is 40.6 Å². The molecule has 1 fully saturated rings. The number of hydrazine groups is 1. The molecule has 22 heavy (non-hydrogen) atoms. The number of fused-ring (bicyclic) bond motifs is 1. The minimum atomic E-state index is -0.436. The second-order valence-corrected chi connectivity index (χ2v) is 6.74. The summed E-state index contributed by atoms with van der Waals surface area (Å²) in [7, 11) is 0. The van der Waals surface area contributed by atoms with Gasteiger partial charge in [0.2, 0.25) is 5.91 Å². The van der Waals surface area contributed by atoms with Crippen molar-refractivity contribution < 1.29 is 14.3 Å². The molecular weight excluding hydrogens is 302 g/mol. The van der Waals surface area contributed by atoms with Crippen LogP contribution in [0.3, 0.4) is 0 Å². The zero-order chi connectivity index (χ0) is 15.7. The highest BCUT2D eigenvalue weighted by atomic mass is 32.1. The number of hydrogen-bond acceptors (Lipinski definition) is 5. The zero-order valence-electron chi connectivity index (χ0n) is 12.8. The van der Waals surface area contributed by atoms with Crippen molar-refractivity contribution in [1.82, 2.24) is 5.01 Å². The van der Waals surface area contributed by atoms with Crippen LogP contribution in [0.5, 0.6) is 0 Å². The van der Waals surface area contributed by atoms with Gasteiger partial charge in [-0.1, -0.05) is 0 Å². The van der Waals surface area contributed by atoms with Gasteiger partial charge in [-0.2, -0.15) is 0 Å². The van der Waals surface area contributed by atoms with E-state index in [4.69, 9.17) is 10.5 Å². The minimum absolute atomic E-state index is 0.0944. The first kappa shape index (κ1) is 15.5. The van der Waals surface area contributed by atoms with Crippen LogP contribution >= 0.6 is 11.3 Å². The molecule has 0 radical (unpaired) electrons. The summed E-state index contributed by atoms with van der Waals surface area (Å²) in [5, 5.41) is 4.27. The number of rotatable bonds is 3. The van der Waals surface area contributed by atoms with Crippen LogP contribution < -0.4 is 10.7 Å². The third kappa shape index (κ3) is 2.76. The number of nitrogens with zero attached hydrogens (tertiary/aromatic N) is 2. The molecule has 1 aromatic heterocycles. The molecule has 3 rings (SSSR count). The maximum absolute atomic E-state index is 12.2. The number of anilines is 1. The summed E-state index contributed by atoms with van der Waals surface area (Å²) < 4.78 is 5.36. The van der Waals surface area contributed by atoms with Crippen molar-refractivity contribution in [2.24, 2.45) is 5.73 Å². The van der Waals surface area contributed by atoms with Gasteiger partial charge in [-0.05, 0) is 31.2 Å². The molecule has 120 valence electrons. The first-order valence-corrected chi connectivity index (χ1v) is 8.49. The van der Waals surface area contributed by atoms with Gasteiger partial charge in [-0.3, -0.25) is 9.59 Å². The van der Waals surface area contributed by atoms with Crippen LogP contribution in [-0.4, -0.2) is 43.1 Å². The van der Waals surface area contributed by atoms with E-state index in [0.29, 0.717) is 36.9 Å². The summed E-state index contributed by atoms with van der Waals surface area (Å²) in [6.45, 7) is 3.97. The third-order valence-electron chi connectivity index (χ3n) is 4.16. The third-order valence-corrected chi connectivity index (χ3v) is 5.43. The van der Waals surface area contributed by atoms with Crippen molar-refractivity contribution in [3.8, 4) is 0 Å². The molecule has 2 N–H and O–H groups in total. The Balaban J connectivity index is 2.05.